The highest BCUT2D eigenvalue weighted by atomic mass is 79.9. The Morgan fingerprint density at radius 2 is 2.00 bits per heavy atom. The Labute approximate surface area is 129 Å². The predicted octanol–water partition coefficient (Wildman–Crippen LogP) is -0.0632. The molecule has 0 atom stereocenters. The van der Waals surface area contributed by atoms with E-state index in [1.54, 1.807) is 0 Å². The van der Waals surface area contributed by atoms with Crippen molar-refractivity contribution in [3.8, 4) is 5.75 Å². The summed E-state index contributed by atoms with van der Waals surface area (Å²) in [6, 6.07) is 4.11. The normalized spacial score (nSPS) is 11.0. The van der Waals surface area contributed by atoms with Crippen LogP contribution in [-0.4, -0.2) is 45.6 Å². The van der Waals surface area contributed by atoms with Gasteiger partial charge in [-0.2, -0.15) is 0 Å². The molecule has 21 heavy (non-hydrogen) atoms. The van der Waals surface area contributed by atoms with Crippen LogP contribution < -0.4 is 14.8 Å². The summed E-state index contributed by atoms with van der Waals surface area (Å²) in [6.45, 7) is -1.13. The van der Waals surface area contributed by atoms with Gasteiger partial charge >= 0.3 is 5.97 Å². The monoisotopic (exact) mass is 380 g/mol. The van der Waals surface area contributed by atoms with E-state index in [1.165, 1.54) is 25.3 Å². The number of ether oxygens (including phenoxy) is 1. The molecule has 0 fully saturated rings. The van der Waals surface area contributed by atoms with E-state index in [2.05, 4.69) is 20.7 Å². The Bertz CT molecular complexity index is 646. The number of hydrogen-bond donors (Lipinski definition) is 3. The van der Waals surface area contributed by atoms with E-state index in [0.717, 1.165) is 0 Å². The number of nitrogens with one attached hydrogen (secondary N) is 2. The first kappa shape index (κ1) is 17.4. The van der Waals surface area contributed by atoms with Crippen LogP contribution in [0.3, 0.4) is 0 Å². The summed E-state index contributed by atoms with van der Waals surface area (Å²) in [4.78, 5) is 21.5. The zero-order valence-electron chi connectivity index (χ0n) is 10.9. The van der Waals surface area contributed by atoms with Crippen molar-refractivity contribution in [2.24, 2.45) is 0 Å². The van der Waals surface area contributed by atoms with Gasteiger partial charge < -0.3 is 15.2 Å². The lowest BCUT2D eigenvalue weighted by Gasteiger charge is -2.09. The topological polar surface area (TPSA) is 122 Å². The molecule has 1 aromatic rings. The van der Waals surface area contributed by atoms with Crippen LogP contribution in [0.25, 0.3) is 0 Å². The number of carbonyl (C=O) groups excluding carboxylic acids is 1. The number of rotatable bonds is 7. The standard InChI is InChI=1S/C11H13BrN2O6S/c1-20-9-3-2-7(4-8(9)12)21(18,19)14-5-10(15)13-6-11(16)17/h2-4,14H,5-6H2,1H3,(H,13,15)(H,16,17). The van der Waals surface area contributed by atoms with Gasteiger partial charge in [-0.25, -0.2) is 13.1 Å². The molecular weight excluding hydrogens is 368 g/mol. The van der Waals surface area contributed by atoms with Gasteiger partial charge in [0.05, 0.1) is 23.0 Å². The molecule has 1 aromatic carbocycles. The van der Waals surface area contributed by atoms with Crippen molar-refractivity contribution >= 4 is 37.8 Å². The molecule has 10 heteroatoms. The lowest BCUT2D eigenvalue weighted by Crippen LogP contribution is -2.38. The maximum atomic E-state index is 12.0. The molecule has 0 aliphatic heterocycles. The van der Waals surface area contributed by atoms with Crippen molar-refractivity contribution in [1.82, 2.24) is 10.0 Å². The fraction of sp³-hybridized carbons (Fsp3) is 0.273. The molecule has 8 nitrogen and oxygen atoms in total. The number of carboxylic acid groups (broad SMARTS) is 1. The van der Waals surface area contributed by atoms with Gasteiger partial charge in [0.25, 0.3) is 0 Å². The predicted molar refractivity (Wildman–Crippen MR) is 76.5 cm³/mol. The molecule has 0 heterocycles. The Balaban J connectivity index is 2.71. The smallest absolute Gasteiger partial charge is 0.322 e. The largest absolute Gasteiger partial charge is 0.496 e. The molecular formula is C11H13BrN2O6S. The average Bonchev–Trinajstić information content (AvgIpc) is 2.42. The number of carbonyl (C=O) groups is 2. The summed E-state index contributed by atoms with van der Waals surface area (Å²) < 4.78 is 31.4. The van der Waals surface area contributed by atoms with Gasteiger partial charge in [0.1, 0.15) is 12.3 Å². The Morgan fingerprint density at radius 3 is 2.52 bits per heavy atom. The molecule has 0 radical (unpaired) electrons. The molecule has 0 saturated carbocycles. The van der Waals surface area contributed by atoms with Gasteiger partial charge in [-0.05, 0) is 34.1 Å². The molecule has 0 aliphatic rings. The van der Waals surface area contributed by atoms with Crippen molar-refractivity contribution in [3.05, 3.63) is 22.7 Å². The molecule has 0 saturated heterocycles. The van der Waals surface area contributed by atoms with Crippen LogP contribution in [0.15, 0.2) is 27.6 Å². The Hall–Kier alpha value is -1.65. The van der Waals surface area contributed by atoms with Crippen molar-refractivity contribution in [1.29, 1.82) is 0 Å². The molecule has 0 aliphatic carbocycles. The minimum absolute atomic E-state index is 0.0544. The van der Waals surface area contributed by atoms with E-state index >= 15 is 0 Å². The third-order valence-electron chi connectivity index (χ3n) is 2.29. The van der Waals surface area contributed by atoms with E-state index in [-0.39, 0.29) is 4.90 Å². The van der Waals surface area contributed by atoms with Crippen LogP contribution in [0.5, 0.6) is 5.75 Å². The summed E-state index contributed by atoms with van der Waals surface area (Å²) in [5.41, 5.74) is 0. The van der Waals surface area contributed by atoms with E-state index in [1.807, 2.05) is 5.32 Å². The lowest BCUT2D eigenvalue weighted by molar-refractivity contribution is -0.137. The fourth-order valence-electron chi connectivity index (χ4n) is 1.29. The minimum atomic E-state index is -3.89. The van der Waals surface area contributed by atoms with Gasteiger partial charge in [-0.15, -0.1) is 0 Å². The number of benzene rings is 1. The lowest BCUT2D eigenvalue weighted by atomic mass is 10.3. The summed E-state index contributed by atoms with van der Waals surface area (Å²) in [5.74, 6) is -1.49. The third kappa shape index (κ3) is 5.33. The van der Waals surface area contributed by atoms with E-state index in [4.69, 9.17) is 9.84 Å². The first-order chi connectivity index (χ1) is 9.76. The highest BCUT2D eigenvalue weighted by molar-refractivity contribution is 9.10. The minimum Gasteiger partial charge on any atom is -0.496 e. The Kier molecular flexibility index (Phi) is 6.12. The number of carboxylic acids is 1. The molecule has 3 N–H and O–H groups in total. The van der Waals surface area contributed by atoms with Gasteiger partial charge in [-0.3, -0.25) is 9.59 Å². The first-order valence-corrected chi connectivity index (χ1v) is 7.85. The maximum Gasteiger partial charge on any atom is 0.322 e. The summed E-state index contributed by atoms with van der Waals surface area (Å²) in [6.07, 6.45) is 0. The fourth-order valence-corrected chi connectivity index (χ4v) is 3.00. The second-order valence-electron chi connectivity index (χ2n) is 3.79. The molecule has 0 unspecified atom stereocenters. The molecule has 1 rings (SSSR count). The van der Waals surface area contributed by atoms with Crippen molar-refractivity contribution in [3.63, 3.8) is 0 Å². The van der Waals surface area contributed by atoms with Crippen LogP contribution >= 0.6 is 15.9 Å². The number of amides is 1. The Morgan fingerprint density at radius 1 is 1.33 bits per heavy atom. The van der Waals surface area contributed by atoms with Crippen molar-refractivity contribution < 1.29 is 27.9 Å². The van der Waals surface area contributed by atoms with Crippen LogP contribution in [0.4, 0.5) is 0 Å². The van der Waals surface area contributed by atoms with E-state index in [0.29, 0.717) is 10.2 Å². The highest BCUT2D eigenvalue weighted by Crippen LogP contribution is 2.27. The van der Waals surface area contributed by atoms with E-state index < -0.39 is 35.0 Å². The zero-order chi connectivity index (χ0) is 16.0. The summed E-state index contributed by atoms with van der Waals surface area (Å²) >= 11 is 3.16. The second-order valence-corrected chi connectivity index (χ2v) is 6.41. The average molecular weight is 381 g/mol. The quantitative estimate of drug-likeness (QED) is 0.608. The maximum absolute atomic E-state index is 12.0. The van der Waals surface area contributed by atoms with Crippen LogP contribution in [-0.2, 0) is 19.6 Å². The number of halogens is 1. The number of hydrogen-bond acceptors (Lipinski definition) is 5. The third-order valence-corrected chi connectivity index (χ3v) is 4.31. The molecule has 0 spiro atoms. The SMILES string of the molecule is COc1ccc(S(=O)(=O)NCC(=O)NCC(=O)O)cc1Br. The number of sulfonamides is 1. The van der Waals surface area contributed by atoms with Gasteiger partial charge in [0.15, 0.2) is 0 Å². The van der Waals surface area contributed by atoms with Gasteiger partial charge in [0.2, 0.25) is 15.9 Å². The van der Waals surface area contributed by atoms with Crippen LogP contribution in [0.2, 0.25) is 0 Å². The van der Waals surface area contributed by atoms with Crippen LogP contribution in [0.1, 0.15) is 0 Å². The molecule has 0 aromatic heterocycles. The second kappa shape index (κ2) is 7.38. The van der Waals surface area contributed by atoms with Gasteiger partial charge in [0, 0.05) is 0 Å². The van der Waals surface area contributed by atoms with Crippen LogP contribution in [0, 0.1) is 0 Å². The molecule has 116 valence electrons. The van der Waals surface area contributed by atoms with Crippen molar-refractivity contribution in [2.45, 2.75) is 4.90 Å². The first-order valence-electron chi connectivity index (χ1n) is 5.58. The zero-order valence-corrected chi connectivity index (χ0v) is 13.3. The highest BCUT2D eigenvalue weighted by Gasteiger charge is 2.17. The summed E-state index contributed by atoms with van der Waals surface area (Å²) in [5, 5.41) is 10.4. The molecule has 0 bridgehead atoms. The molecule has 1 amide bonds. The number of methoxy groups -OCH3 is 1. The van der Waals surface area contributed by atoms with Crippen molar-refractivity contribution in [2.75, 3.05) is 20.2 Å². The van der Waals surface area contributed by atoms with Gasteiger partial charge in [-0.1, -0.05) is 0 Å². The van der Waals surface area contributed by atoms with E-state index in [9.17, 15) is 18.0 Å². The number of aliphatic carboxylic acids is 1. The summed E-state index contributed by atoms with van der Waals surface area (Å²) in [7, 11) is -2.44.